The minimum absolute atomic E-state index is 0.621. The molecule has 0 spiro atoms. The lowest BCUT2D eigenvalue weighted by Crippen LogP contribution is -2.06. The zero-order valence-corrected chi connectivity index (χ0v) is 15.5. The topological polar surface area (TPSA) is 69.8 Å². The van der Waals surface area contributed by atoms with Gasteiger partial charge in [-0.1, -0.05) is 24.3 Å². The van der Waals surface area contributed by atoms with Crippen LogP contribution in [0.4, 0.5) is 0 Å². The van der Waals surface area contributed by atoms with E-state index in [1.54, 1.807) is 0 Å². The number of carbonyl (C=O) groups is 2. The minimum atomic E-state index is 0.621. The van der Waals surface area contributed by atoms with E-state index in [-0.39, 0.29) is 0 Å². The molecule has 0 bridgehead atoms. The van der Waals surface area contributed by atoms with E-state index in [1.807, 2.05) is 37.1 Å². The van der Waals surface area contributed by atoms with E-state index in [0.717, 1.165) is 46.5 Å². The van der Waals surface area contributed by atoms with Crippen LogP contribution in [-0.2, 0) is 13.1 Å². The van der Waals surface area contributed by atoms with Gasteiger partial charge in [-0.2, -0.15) is 10.2 Å². The highest BCUT2D eigenvalue weighted by Gasteiger charge is 2.12. The zero-order valence-electron chi connectivity index (χ0n) is 15.5. The van der Waals surface area contributed by atoms with Crippen molar-refractivity contribution in [3.63, 3.8) is 0 Å². The third-order valence-electron chi connectivity index (χ3n) is 4.80. The smallest absolute Gasteiger partial charge is 0.153 e. The monoisotopic (exact) mass is 350 g/mol. The summed E-state index contributed by atoms with van der Waals surface area (Å²) in [6.07, 6.45) is 1.72. The van der Waals surface area contributed by atoms with Crippen LogP contribution in [0.2, 0.25) is 0 Å². The summed E-state index contributed by atoms with van der Waals surface area (Å²) in [4.78, 5) is 22.2. The van der Waals surface area contributed by atoms with E-state index in [9.17, 15) is 9.59 Å². The van der Waals surface area contributed by atoms with E-state index >= 15 is 0 Å². The van der Waals surface area contributed by atoms with Crippen molar-refractivity contribution in [2.24, 2.45) is 0 Å². The van der Waals surface area contributed by atoms with E-state index in [4.69, 9.17) is 0 Å². The first-order valence-corrected chi connectivity index (χ1v) is 8.50. The third kappa shape index (κ3) is 3.22. The number of aryl methyl sites for hydroxylation is 2. The van der Waals surface area contributed by atoms with Crippen LogP contribution in [0, 0.1) is 27.7 Å². The van der Waals surface area contributed by atoms with Crippen molar-refractivity contribution in [3.8, 4) is 0 Å². The third-order valence-corrected chi connectivity index (χ3v) is 4.80. The molecule has 3 rings (SSSR count). The van der Waals surface area contributed by atoms with Crippen molar-refractivity contribution in [2.75, 3.05) is 0 Å². The molecule has 0 saturated carbocycles. The average Bonchev–Trinajstić information content (AvgIpc) is 3.04. The quantitative estimate of drug-likeness (QED) is 0.641. The Kier molecular flexibility index (Phi) is 4.84. The van der Waals surface area contributed by atoms with Crippen LogP contribution in [0.5, 0.6) is 0 Å². The Morgan fingerprint density at radius 3 is 1.35 bits per heavy atom. The van der Waals surface area contributed by atoms with Crippen LogP contribution in [-0.4, -0.2) is 32.1 Å². The van der Waals surface area contributed by atoms with Gasteiger partial charge < -0.3 is 0 Å². The second kappa shape index (κ2) is 7.07. The number of nitrogens with zero attached hydrogens (tertiary/aromatic N) is 4. The normalized spacial score (nSPS) is 10.9. The van der Waals surface area contributed by atoms with E-state index in [2.05, 4.69) is 34.5 Å². The molecule has 0 aliphatic carbocycles. The summed E-state index contributed by atoms with van der Waals surface area (Å²) in [5.41, 5.74) is 6.82. The van der Waals surface area contributed by atoms with Crippen LogP contribution in [0.25, 0.3) is 0 Å². The Labute approximate surface area is 152 Å². The lowest BCUT2D eigenvalue weighted by Gasteiger charge is -2.08. The molecule has 0 amide bonds. The lowest BCUT2D eigenvalue weighted by molar-refractivity contribution is 0.111. The summed E-state index contributed by atoms with van der Waals surface area (Å²) < 4.78 is 3.71. The van der Waals surface area contributed by atoms with Crippen LogP contribution in [0.3, 0.4) is 0 Å². The highest BCUT2D eigenvalue weighted by atomic mass is 16.1. The molecule has 1 aromatic carbocycles. The van der Waals surface area contributed by atoms with E-state index < -0.39 is 0 Å². The van der Waals surface area contributed by atoms with Crippen molar-refractivity contribution in [3.05, 3.63) is 69.3 Å². The van der Waals surface area contributed by atoms with Gasteiger partial charge in [0, 0.05) is 11.4 Å². The number of benzene rings is 1. The summed E-state index contributed by atoms with van der Waals surface area (Å²) >= 11 is 0. The Hall–Kier alpha value is -3.02. The SMILES string of the molecule is Cc1nn(Cc2ccc(Cn3nc(C)c(C=O)c3C)cc2)c(C)c1C=O. The number of hydrogen-bond donors (Lipinski definition) is 0. The van der Waals surface area contributed by atoms with Crippen molar-refractivity contribution >= 4 is 12.6 Å². The molecule has 0 N–H and O–H groups in total. The first-order valence-electron chi connectivity index (χ1n) is 8.50. The molecule has 2 heterocycles. The number of aromatic nitrogens is 4. The van der Waals surface area contributed by atoms with Gasteiger partial charge in [-0.25, -0.2) is 0 Å². The fourth-order valence-corrected chi connectivity index (χ4v) is 3.17. The van der Waals surface area contributed by atoms with Crippen molar-refractivity contribution in [1.82, 2.24) is 19.6 Å². The Morgan fingerprint density at radius 2 is 1.08 bits per heavy atom. The standard InChI is InChI=1S/C20H22N4O2/c1-13-19(11-25)15(3)23(21-13)9-17-5-7-18(8-6-17)10-24-16(4)20(12-26)14(2)22-24/h5-8,11-12H,9-10H2,1-4H3. The van der Waals surface area contributed by atoms with Gasteiger partial charge in [-0.05, 0) is 38.8 Å². The molecule has 0 aliphatic heterocycles. The zero-order chi connectivity index (χ0) is 18.8. The molecule has 0 fully saturated rings. The minimum Gasteiger partial charge on any atom is -0.298 e. The summed E-state index contributed by atoms with van der Waals surface area (Å²) in [6, 6.07) is 8.22. The van der Waals surface area contributed by atoms with Gasteiger partial charge in [-0.3, -0.25) is 19.0 Å². The summed E-state index contributed by atoms with van der Waals surface area (Å²) in [5.74, 6) is 0. The van der Waals surface area contributed by atoms with Crippen molar-refractivity contribution in [1.29, 1.82) is 0 Å². The largest absolute Gasteiger partial charge is 0.298 e. The van der Waals surface area contributed by atoms with Crippen LogP contribution in [0.15, 0.2) is 24.3 Å². The fourth-order valence-electron chi connectivity index (χ4n) is 3.17. The number of aldehydes is 2. The molecule has 0 saturated heterocycles. The van der Waals surface area contributed by atoms with Gasteiger partial charge in [-0.15, -0.1) is 0 Å². The van der Waals surface area contributed by atoms with Crippen LogP contribution >= 0.6 is 0 Å². The van der Waals surface area contributed by atoms with Gasteiger partial charge in [0.05, 0.1) is 35.6 Å². The first-order chi connectivity index (χ1) is 12.4. The second-order valence-electron chi connectivity index (χ2n) is 6.54. The molecule has 26 heavy (non-hydrogen) atoms. The highest BCUT2D eigenvalue weighted by Crippen LogP contribution is 2.15. The maximum atomic E-state index is 11.1. The fraction of sp³-hybridized carbons (Fsp3) is 0.300. The molecule has 0 atom stereocenters. The summed E-state index contributed by atoms with van der Waals surface area (Å²) in [6.45, 7) is 8.75. The maximum absolute atomic E-state index is 11.1. The molecule has 2 aromatic heterocycles. The average molecular weight is 350 g/mol. The molecule has 0 radical (unpaired) electrons. The number of carbonyl (C=O) groups excluding carboxylic acids is 2. The second-order valence-corrected chi connectivity index (χ2v) is 6.54. The van der Waals surface area contributed by atoms with Gasteiger partial charge in [0.2, 0.25) is 0 Å². The van der Waals surface area contributed by atoms with Crippen LogP contribution < -0.4 is 0 Å². The van der Waals surface area contributed by atoms with Gasteiger partial charge >= 0.3 is 0 Å². The molecular formula is C20H22N4O2. The number of hydrogen-bond acceptors (Lipinski definition) is 4. The van der Waals surface area contributed by atoms with Crippen LogP contribution in [0.1, 0.15) is 54.6 Å². The molecule has 134 valence electrons. The Morgan fingerprint density at radius 1 is 0.731 bits per heavy atom. The Balaban J connectivity index is 1.77. The van der Waals surface area contributed by atoms with Crippen molar-refractivity contribution < 1.29 is 9.59 Å². The molecule has 0 unspecified atom stereocenters. The predicted molar refractivity (Wildman–Crippen MR) is 98.8 cm³/mol. The number of rotatable bonds is 6. The maximum Gasteiger partial charge on any atom is 0.153 e. The summed E-state index contributed by atoms with van der Waals surface area (Å²) in [5, 5.41) is 8.88. The lowest BCUT2D eigenvalue weighted by atomic mass is 10.1. The summed E-state index contributed by atoms with van der Waals surface area (Å²) in [7, 11) is 0. The van der Waals surface area contributed by atoms with E-state index in [0.29, 0.717) is 24.2 Å². The van der Waals surface area contributed by atoms with Gasteiger partial charge in [0.15, 0.2) is 12.6 Å². The highest BCUT2D eigenvalue weighted by molar-refractivity contribution is 5.78. The molecule has 0 aliphatic rings. The van der Waals surface area contributed by atoms with Crippen molar-refractivity contribution in [2.45, 2.75) is 40.8 Å². The Bertz CT molecular complexity index is 886. The molecule has 6 nitrogen and oxygen atoms in total. The van der Waals surface area contributed by atoms with Gasteiger partial charge in [0.25, 0.3) is 0 Å². The molecule has 3 aromatic rings. The molecular weight excluding hydrogens is 328 g/mol. The van der Waals surface area contributed by atoms with E-state index in [1.165, 1.54) is 0 Å². The molecule has 6 heteroatoms. The predicted octanol–water partition coefficient (Wildman–Crippen LogP) is 3.03. The first kappa shape index (κ1) is 17.8. The van der Waals surface area contributed by atoms with Gasteiger partial charge in [0.1, 0.15) is 0 Å².